The smallest absolute Gasteiger partial charge is 0.335 e. The Labute approximate surface area is 173 Å². The Kier molecular flexibility index (Phi) is 7.27. The predicted octanol–water partition coefficient (Wildman–Crippen LogP) is 3.48. The number of carbonyl (C=O) groups excluding carboxylic acids is 2. The number of rotatable bonds is 1. The van der Waals surface area contributed by atoms with Gasteiger partial charge in [0.15, 0.2) is 15.1 Å². The fraction of sp³-hybridized carbons (Fsp3) is 0.545. The third-order valence-electron chi connectivity index (χ3n) is 6.08. The van der Waals surface area contributed by atoms with Crippen LogP contribution in [-0.2, 0) is 28.9 Å². The molecule has 6 atom stereocenters. The van der Waals surface area contributed by atoms with Crippen molar-refractivity contribution in [2.75, 3.05) is 6.61 Å². The second-order valence-corrected chi connectivity index (χ2v) is 10.3. The summed E-state index contributed by atoms with van der Waals surface area (Å²) < 4.78 is 37.6. The highest BCUT2D eigenvalue weighted by Gasteiger charge is 2.42. The Morgan fingerprint density at radius 3 is 2.14 bits per heavy atom. The van der Waals surface area contributed by atoms with Crippen LogP contribution in [0.5, 0.6) is 0 Å². The summed E-state index contributed by atoms with van der Waals surface area (Å²) in [6, 6.07) is 8.25. The van der Waals surface area contributed by atoms with Crippen LogP contribution < -0.4 is 0 Å². The zero-order valence-corrected chi connectivity index (χ0v) is 18.4. The van der Waals surface area contributed by atoms with Gasteiger partial charge in [-0.1, -0.05) is 57.7 Å². The normalized spacial score (nSPS) is 34.2. The Morgan fingerprint density at radius 2 is 1.55 bits per heavy atom. The van der Waals surface area contributed by atoms with Crippen molar-refractivity contribution in [3.63, 3.8) is 0 Å². The molecule has 0 amide bonds. The van der Waals surface area contributed by atoms with Crippen LogP contribution in [0.4, 0.5) is 0 Å². The van der Waals surface area contributed by atoms with E-state index >= 15 is 0 Å². The van der Waals surface area contributed by atoms with E-state index in [4.69, 9.17) is 9.47 Å². The lowest BCUT2D eigenvalue weighted by atomic mass is 9.82. The maximum atomic E-state index is 13.3. The van der Waals surface area contributed by atoms with Crippen LogP contribution in [0, 0.1) is 17.8 Å². The molecule has 0 N–H and O–H groups in total. The van der Waals surface area contributed by atoms with Gasteiger partial charge in [-0.25, -0.2) is 13.2 Å². The van der Waals surface area contributed by atoms with E-state index in [0.717, 1.165) is 0 Å². The van der Waals surface area contributed by atoms with Gasteiger partial charge in [-0.05, 0) is 37.2 Å². The Hall–Kier alpha value is -2.15. The van der Waals surface area contributed by atoms with Crippen molar-refractivity contribution < 1.29 is 27.5 Å². The minimum absolute atomic E-state index is 0.0228. The molecular weight excluding hydrogens is 392 g/mol. The number of sulfone groups is 1. The van der Waals surface area contributed by atoms with E-state index in [0.29, 0.717) is 5.56 Å². The van der Waals surface area contributed by atoms with Gasteiger partial charge < -0.3 is 9.47 Å². The molecule has 0 bridgehead atoms. The molecule has 160 valence electrons. The van der Waals surface area contributed by atoms with Crippen molar-refractivity contribution in [1.82, 2.24) is 0 Å². The van der Waals surface area contributed by atoms with E-state index in [-0.39, 0.29) is 29.9 Å². The molecule has 0 radical (unpaired) electrons. The van der Waals surface area contributed by atoms with Gasteiger partial charge >= 0.3 is 11.9 Å². The molecule has 2 rings (SSSR count). The van der Waals surface area contributed by atoms with E-state index in [1.807, 2.05) is 20.8 Å². The second-order valence-electron chi connectivity index (χ2n) is 7.98. The van der Waals surface area contributed by atoms with E-state index < -0.39 is 38.4 Å². The molecule has 2 unspecified atom stereocenters. The third kappa shape index (κ3) is 4.89. The van der Waals surface area contributed by atoms with Gasteiger partial charge in [0.2, 0.25) is 0 Å². The molecule has 1 aliphatic heterocycles. The second kappa shape index (κ2) is 9.11. The average Bonchev–Trinajstić information content (AvgIpc) is 2.69. The van der Waals surface area contributed by atoms with Crippen LogP contribution in [0.2, 0.25) is 0 Å². The molecule has 0 aromatic heterocycles. The first-order valence-corrected chi connectivity index (χ1v) is 11.4. The summed E-state index contributed by atoms with van der Waals surface area (Å²) in [6.07, 6.45) is -0.454. The maximum absolute atomic E-state index is 13.3. The number of hydrogen-bond donors (Lipinski definition) is 0. The van der Waals surface area contributed by atoms with Crippen molar-refractivity contribution in [1.29, 1.82) is 0 Å². The minimum Gasteiger partial charge on any atom is -0.464 e. The summed E-state index contributed by atoms with van der Waals surface area (Å²) in [5, 5.41) is -2.84. The molecule has 0 aliphatic carbocycles. The average molecular weight is 423 g/mol. The molecule has 1 aliphatic rings. The van der Waals surface area contributed by atoms with Crippen LogP contribution in [0.3, 0.4) is 0 Å². The molecular formula is C22H30O6S. The molecule has 1 heterocycles. The quantitative estimate of drug-likeness (QED) is 0.509. The van der Waals surface area contributed by atoms with Crippen molar-refractivity contribution in [2.45, 2.75) is 51.2 Å². The minimum atomic E-state index is -4.16. The van der Waals surface area contributed by atoms with Gasteiger partial charge in [-0.2, -0.15) is 0 Å². The predicted molar refractivity (Wildman–Crippen MR) is 111 cm³/mol. The Morgan fingerprint density at radius 1 is 0.966 bits per heavy atom. The lowest BCUT2D eigenvalue weighted by Crippen LogP contribution is -2.35. The fourth-order valence-corrected chi connectivity index (χ4v) is 5.22. The molecule has 29 heavy (non-hydrogen) atoms. The Balaban J connectivity index is 2.56. The maximum Gasteiger partial charge on any atom is 0.335 e. The fourth-order valence-electron chi connectivity index (χ4n) is 3.44. The van der Waals surface area contributed by atoms with Gasteiger partial charge in [0.05, 0.1) is 12.2 Å². The number of carbonyl (C=O) groups is 2. The van der Waals surface area contributed by atoms with E-state index in [2.05, 4.69) is 6.58 Å². The van der Waals surface area contributed by atoms with E-state index in [9.17, 15) is 18.0 Å². The van der Waals surface area contributed by atoms with Crippen molar-refractivity contribution in [2.24, 2.45) is 17.8 Å². The Bertz CT molecular complexity index is 861. The van der Waals surface area contributed by atoms with Crippen LogP contribution in [0.1, 0.15) is 45.4 Å². The van der Waals surface area contributed by atoms with Gasteiger partial charge in [0, 0.05) is 0 Å². The van der Waals surface area contributed by atoms with Gasteiger partial charge in [0.25, 0.3) is 0 Å². The van der Waals surface area contributed by atoms with Crippen LogP contribution in [0.25, 0.3) is 0 Å². The van der Waals surface area contributed by atoms with Crippen molar-refractivity contribution in [3.8, 4) is 0 Å². The first-order valence-electron chi connectivity index (χ1n) is 9.82. The van der Waals surface area contributed by atoms with Crippen molar-refractivity contribution >= 4 is 21.8 Å². The lowest BCUT2D eigenvalue weighted by molar-refractivity contribution is -0.147. The summed E-state index contributed by atoms with van der Waals surface area (Å²) in [5.74, 6) is -1.58. The van der Waals surface area contributed by atoms with Gasteiger partial charge in [-0.15, -0.1) is 0 Å². The van der Waals surface area contributed by atoms with E-state index in [1.165, 1.54) is 6.92 Å². The monoisotopic (exact) mass is 422 g/mol. The molecule has 6 nitrogen and oxygen atoms in total. The topological polar surface area (TPSA) is 86.7 Å². The summed E-state index contributed by atoms with van der Waals surface area (Å²) in [7, 11) is -4.16. The third-order valence-corrected chi connectivity index (χ3v) is 8.47. The van der Waals surface area contributed by atoms with Crippen molar-refractivity contribution in [3.05, 3.63) is 48.0 Å². The number of hydrogen-bond acceptors (Lipinski definition) is 6. The molecule has 0 spiro atoms. The first kappa shape index (κ1) is 23.1. The van der Waals surface area contributed by atoms with Crippen LogP contribution in [0.15, 0.2) is 42.5 Å². The zero-order valence-electron chi connectivity index (χ0n) is 17.6. The van der Waals surface area contributed by atoms with Crippen LogP contribution in [-0.4, -0.2) is 38.3 Å². The van der Waals surface area contributed by atoms with Gasteiger partial charge in [-0.3, -0.25) is 4.79 Å². The molecule has 1 aromatic carbocycles. The number of ether oxygens (including phenoxy) is 2. The van der Waals surface area contributed by atoms with Crippen LogP contribution >= 0.6 is 0 Å². The van der Waals surface area contributed by atoms with Gasteiger partial charge in [0.1, 0.15) is 11.4 Å². The molecule has 1 saturated heterocycles. The molecule has 1 aromatic rings. The number of cyclic esters (lactones) is 2. The highest BCUT2D eigenvalue weighted by atomic mass is 32.2. The number of esters is 2. The SMILES string of the molecule is C=C1C(=O)O[C@H](C)[C@H](C)[C@H](C)[C@H](C)COC(=O)C(C)S(=O)(=O)C1c1ccccc1. The summed E-state index contributed by atoms with van der Waals surface area (Å²) in [4.78, 5) is 25.4. The zero-order chi connectivity index (χ0) is 21.9. The molecule has 0 saturated carbocycles. The van der Waals surface area contributed by atoms with E-state index in [1.54, 1.807) is 37.3 Å². The lowest BCUT2D eigenvalue weighted by Gasteiger charge is -2.30. The molecule has 1 fully saturated rings. The molecule has 7 heteroatoms. The largest absolute Gasteiger partial charge is 0.464 e. The standard InChI is InChI=1S/C22H30O6S/c1-13-12-27-22(24)18(6)29(25,26)20(19-10-8-7-9-11-19)16(4)21(23)28-17(5)15(3)14(13)2/h7-11,13-15,17-18,20H,4,12H2,1-3,5-6H3/t13-,14-,15-,17-,18?,20?/m1/s1. The first-order chi connectivity index (χ1) is 13.5. The summed E-state index contributed by atoms with van der Waals surface area (Å²) in [6.45, 7) is 12.8. The highest BCUT2D eigenvalue weighted by molar-refractivity contribution is 7.93. The highest BCUT2D eigenvalue weighted by Crippen LogP contribution is 2.35. The summed E-state index contributed by atoms with van der Waals surface area (Å²) >= 11 is 0. The number of benzene rings is 1. The summed E-state index contributed by atoms with van der Waals surface area (Å²) in [5.41, 5.74) is 0.140.